The van der Waals surface area contributed by atoms with Crippen LogP contribution in [0.2, 0.25) is 0 Å². The average Bonchev–Trinajstić information content (AvgIpc) is 3.37. The lowest BCUT2D eigenvalue weighted by Gasteiger charge is -2.14. The maximum Gasteiger partial charge on any atom is 0.152 e. The zero-order chi connectivity index (χ0) is 17.5. The summed E-state index contributed by atoms with van der Waals surface area (Å²) in [5, 5.41) is 0.950. The maximum absolute atomic E-state index is 5.96. The van der Waals surface area contributed by atoms with Gasteiger partial charge in [-0.05, 0) is 49.8 Å². The second kappa shape index (κ2) is 6.12. The molecule has 6 heteroatoms. The van der Waals surface area contributed by atoms with Crippen LogP contribution in [0.5, 0.6) is 0 Å². The van der Waals surface area contributed by atoms with E-state index in [1.165, 1.54) is 19.3 Å². The van der Waals surface area contributed by atoms with E-state index in [2.05, 4.69) is 31.8 Å². The van der Waals surface area contributed by atoms with Gasteiger partial charge in [0, 0.05) is 30.9 Å². The van der Waals surface area contributed by atoms with Crippen molar-refractivity contribution >= 4 is 28.0 Å². The first-order chi connectivity index (χ1) is 12.8. The molecule has 1 saturated carbocycles. The van der Waals surface area contributed by atoms with Crippen LogP contribution < -0.4 is 5.73 Å². The van der Waals surface area contributed by atoms with E-state index in [0.717, 1.165) is 40.7 Å². The Balaban J connectivity index is 1.27. The lowest BCUT2D eigenvalue weighted by atomic mass is 10.0. The van der Waals surface area contributed by atoms with E-state index in [1.807, 2.05) is 18.2 Å². The van der Waals surface area contributed by atoms with Gasteiger partial charge in [0.25, 0.3) is 0 Å². The van der Waals surface area contributed by atoms with Gasteiger partial charge in [0.2, 0.25) is 0 Å². The minimum atomic E-state index is 0.490. The first kappa shape index (κ1) is 15.4. The molecule has 0 aliphatic heterocycles. The van der Waals surface area contributed by atoms with Crippen molar-refractivity contribution in [2.75, 3.05) is 5.73 Å². The number of hydrogen-bond acceptors (Lipinski definition) is 5. The Hall–Kier alpha value is -2.89. The summed E-state index contributed by atoms with van der Waals surface area (Å²) in [6.45, 7) is 0. The van der Waals surface area contributed by atoms with Crippen LogP contribution in [0.25, 0.3) is 22.1 Å². The van der Waals surface area contributed by atoms with Crippen molar-refractivity contribution in [1.82, 2.24) is 19.5 Å². The monoisotopic (exact) mass is 347 g/mol. The number of rotatable bonds is 4. The number of nitrogens with zero attached hydrogens (tertiary/aromatic N) is 4. The summed E-state index contributed by atoms with van der Waals surface area (Å²) in [5.74, 6) is 2.30. The van der Waals surface area contributed by atoms with Crippen molar-refractivity contribution in [2.24, 2.45) is 5.92 Å². The van der Waals surface area contributed by atoms with Crippen LogP contribution in [0, 0.1) is 5.92 Å². The molecule has 4 heterocycles. The summed E-state index contributed by atoms with van der Waals surface area (Å²) in [6.07, 6.45) is 11.2. The van der Waals surface area contributed by atoms with Crippen molar-refractivity contribution in [3.05, 3.63) is 48.7 Å². The molecule has 5 rings (SSSR count). The third-order valence-electron chi connectivity index (χ3n) is 5.58. The van der Waals surface area contributed by atoms with Crippen molar-refractivity contribution < 1.29 is 4.42 Å². The molecule has 132 valence electrons. The Morgan fingerprint density at radius 3 is 3.08 bits per heavy atom. The normalized spacial score (nSPS) is 20.3. The summed E-state index contributed by atoms with van der Waals surface area (Å²) in [5.41, 5.74) is 8.73. The van der Waals surface area contributed by atoms with Crippen LogP contribution >= 0.6 is 0 Å². The number of aromatic nitrogens is 4. The number of pyridine rings is 1. The van der Waals surface area contributed by atoms with E-state index in [1.54, 1.807) is 12.5 Å². The van der Waals surface area contributed by atoms with Crippen molar-refractivity contribution in [1.29, 1.82) is 0 Å². The Morgan fingerprint density at radius 2 is 2.15 bits per heavy atom. The molecule has 2 N–H and O–H groups in total. The minimum Gasteiger partial charge on any atom is -0.459 e. The molecular formula is C20H21N5O. The number of nitrogen functional groups attached to an aromatic ring is 1. The van der Waals surface area contributed by atoms with Gasteiger partial charge in [0.1, 0.15) is 29.1 Å². The molecular weight excluding hydrogens is 326 g/mol. The fourth-order valence-electron chi connectivity index (χ4n) is 4.24. The van der Waals surface area contributed by atoms with E-state index in [9.17, 15) is 0 Å². The maximum atomic E-state index is 5.96. The zero-order valence-corrected chi connectivity index (χ0v) is 14.5. The molecule has 0 amide bonds. The molecule has 0 saturated heterocycles. The van der Waals surface area contributed by atoms with Gasteiger partial charge in [-0.2, -0.15) is 0 Å². The van der Waals surface area contributed by atoms with Gasteiger partial charge in [0.15, 0.2) is 5.58 Å². The number of anilines is 1. The SMILES string of the molecule is Nc1ncnc2c1ccn2C1CCC(CCc2cc3ncccc3o2)C1. The third kappa shape index (κ3) is 2.62. The minimum absolute atomic E-state index is 0.490. The second-order valence-electron chi connectivity index (χ2n) is 7.19. The highest BCUT2D eigenvalue weighted by molar-refractivity contribution is 5.86. The molecule has 0 aromatic carbocycles. The van der Waals surface area contributed by atoms with Crippen molar-refractivity contribution in [2.45, 2.75) is 38.1 Å². The first-order valence-electron chi connectivity index (χ1n) is 9.18. The molecule has 6 nitrogen and oxygen atoms in total. The lowest BCUT2D eigenvalue weighted by molar-refractivity contribution is 0.439. The van der Waals surface area contributed by atoms with Crippen LogP contribution in [0.4, 0.5) is 5.82 Å². The van der Waals surface area contributed by atoms with Gasteiger partial charge < -0.3 is 14.7 Å². The van der Waals surface area contributed by atoms with E-state index in [0.29, 0.717) is 17.8 Å². The first-order valence-corrected chi connectivity index (χ1v) is 9.18. The summed E-state index contributed by atoms with van der Waals surface area (Å²) in [4.78, 5) is 12.9. The van der Waals surface area contributed by atoms with Crippen molar-refractivity contribution in [3.8, 4) is 0 Å². The molecule has 1 aliphatic carbocycles. The largest absolute Gasteiger partial charge is 0.459 e. The molecule has 1 fully saturated rings. The number of aryl methyl sites for hydroxylation is 1. The Kier molecular flexibility index (Phi) is 3.62. The third-order valence-corrected chi connectivity index (χ3v) is 5.58. The molecule has 4 aromatic rings. The quantitative estimate of drug-likeness (QED) is 0.600. The lowest BCUT2D eigenvalue weighted by Crippen LogP contribution is -2.06. The van der Waals surface area contributed by atoms with Crippen LogP contribution in [0.3, 0.4) is 0 Å². The number of hydrogen-bond donors (Lipinski definition) is 1. The van der Waals surface area contributed by atoms with E-state index in [-0.39, 0.29) is 0 Å². The van der Waals surface area contributed by atoms with Crippen LogP contribution in [-0.2, 0) is 6.42 Å². The molecule has 0 bridgehead atoms. The number of fused-ring (bicyclic) bond motifs is 2. The highest BCUT2D eigenvalue weighted by Gasteiger charge is 2.27. The molecule has 0 radical (unpaired) electrons. The zero-order valence-electron chi connectivity index (χ0n) is 14.5. The van der Waals surface area contributed by atoms with E-state index < -0.39 is 0 Å². The van der Waals surface area contributed by atoms with Crippen LogP contribution in [0.15, 0.2) is 47.4 Å². The Morgan fingerprint density at radius 1 is 1.19 bits per heavy atom. The highest BCUT2D eigenvalue weighted by Crippen LogP contribution is 2.39. The Bertz CT molecular complexity index is 1030. The molecule has 0 spiro atoms. The van der Waals surface area contributed by atoms with Gasteiger partial charge >= 0.3 is 0 Å². The van der Waals surface area contributed by atoms with E-state index >= 15 is 0 Å². The molecule has 1 aliphatic rings. The number of nitrogens with two attached hydrogens (primary N) is 1. The highest BCUT2D eigenvalue weighted by atomic mass is 16.3. The Labute approximate surface area is 151 Å². The number of furan rings is 1. The molecule has 2 atom stereocenters. The predicted molar refractivity (Wildman–Crippen MR) is 101 cm³/mol. The van der Waals surface area contributed by atoms with Gasteiger partial charge in [-0.25, -0.2) is 9.97 Å². The van der Waals surface area contributed by atoms with Gasteiger partial charge in [-0.3, -0.25) is 4.98 Å². The second-order valence-corrected chi connectivity index (χ2v) is 7.19. The molecule has 4 aromatic heterocycles. The van der Waals surface area contributed by atoms with Gasteiger partial charge in [-0.15, -0.1) is 0 Å². The summed E-state index contributed by atoms with van der Waals surface area (Å²) in [6, 6.07) is 8.47. The smallest absolute Gasteiger partial charge is 0.152 e. The van der Waals surface area contributed by atoms with Gasteiger partial charge in [-0.1, -0.05) is 0 Å². The predicted octanol–water partition coefficient (Wildman–Crippen LogP) is 4.13. The fourth-order valence-corrected chi connectivity index (χ4v) is 4.24. The topological polar surface area (TPSA) is 82.8 Å². The molecule has 2 unspecified atom stereocenters. The summed E-state index contributed by atoms with van der Waals surface area (Å²) < 4.78 is 8.18. The summed E-state index contributed by atoms with van der Waals surface area (Å²) in [7, 11) is 0. The average molecular weight is 347 g/mol. The van der Waals surface area contributed by atoms with Crippen LogP contribution in [-0.4, -0.2) is 19.5 Å². The van der Waals surface area contributed by atoms with Crippen molar-refractivity contribution in [3.63, 3.8) is 0 Å². The standard InChI is InChI=1S/C20H21N5O/c21-19-16-7-9-25(20(16)24-12-23-19)14-5-3-13(10-14)4-6-15-11-17-18(26-15)2-1-8-22-17/h1-2,7-9,11-14H,3-6,10H2,(H2,21,23,24). The fraction of sp³-hybridized carbons (Fsp3) is 0.350. The van der Waals surface area contributed by atoms with E-state index in [4.69, 9.17) is 10.2 Å². The van der Waals surface area contributed by atoms with Gasteiger partial charge in [0.05, 0.1) is 5.39 Å². The summed E-state index contributed by atoms with van der Waals surface area (Å²) >= 11 is 0. The molecule has 26 heavy (non-hydrogen) atoms. The van der Waals surface area contributed by atoms with Crippen LogP contribution in [0.1, 0.15) is 37.5 Å².